The van der Waals surface area contributed by atoms with E-state index in [2.05, 4.69) is 10.3 Å². The Kier molecular flexibility index (Phi) is 3.84. The van der Waals surface area contributed by atoms with Gasteiger partial charge < -0.3 is 5.32 Å². The van der Waals surface area contributed by atoms with Gasteiger partial charge in [-0.3, -0.25) is 9.78 Å². The van der Waals surface area contributed by atoms with Crippen molar-refractivity contribution in [2.75, 3.05) is 5.32 Å². The first kappa shape index (κ1) is 12.9. The number of nitrogens with one attached hydrogen (secondary N) is 1. The predicted molar refractivity (Wildman–Crippen MR) is 73.4 cm³/mol. The molecule has 0 fully saturated rings. The van der Waals surface area contributed by atoms with Crippen LogP contribution in [0.1, 0.15) is 15.9 Å². The molecule has 5 heteroatoms. The lowest BCUT2D eigenvalue weighted by atomic mass is 10.1. The maximum atomic E-state index is 12.0. The first-order chi connectivity index (χ1) is 8.58. The quantitative estimate of drug-likeness (QED) is 0.905. The van der Waals surface area contributed by atoms with Crippen molar-refractivity contribution in [3.05, 3.63) is 57.8 Å². The standard InChI is InChI=1S/C13H10Cl2N2O/c1-8-3-2-4-9(5-8)13(18)17-12-10(14)6-16-7-11(12)15/h2-7H,1H3,(H,16,17,18). The molecule has 0 unspecified atom stereocenters. The van der Waals surface area contributed by atoms with Crippen molar-refractivity contribution in [3.63, 3.8) is 0 Å². The zero-order chi connectivity index (χ0) is 13.1. The Balaban J connectivity index is 2.27. The number of amides is 1. The molecule has 3 nitrogen and oxygen atoms in total. The molecule has 0 saturated heterocycles. The molecule has 18 heavy (non-hydrogen) atoms. The van der Waals surface area contributed by atoms with Gasteiger partial charge in [-0.25, -0.2) is 0 Å². The van der Waals surface area contributed by atoms with E-state index in [-0.39, 0.29) is 5.91 Å². The summed E-state index contributed by atoms with van der Waals surface area (Å²) in [4.78, 5) is 15.8. The van der Waals surface area contributed by atoms with Gasteiger partial charge in [0.25, 0.3) is 5.91 Å². The largest absolute Gasteiger partial charge is 0.319 e. The number of halogens is 2. The fourth-order valence-electron chi connectivity index (χ4n) is 1.50. The highest BCUT2D eigenvalue weighted by molar-refractivity contribution is 6.39. The van der Waals surface area contributed by atoms with Crippen LogP contribution in [0.15, 0.2) is 36.7 Å². The highest BCUT2D eigenvalue weighted by Crippen LogP contribution is 2.28. The predicted octanol–water partition coefficient (Wildman–Crippen LogP) is 3.95. The second-order valence-corrected chi connectivity index (χ2v) is 4.62. The summed E-state index contributed by atoms with van der Waals surface area (Å²) in [6, 6.07) is 7.26. The zero-order valence-electron chi connectivity index (χ0n) is 9.58. The molecule has 0 radical (unpaired) electrons. The Morgan fingerprint density at radius 1 is 1.22 bits per heavy atom. The fourth-order valence-corrected chi connectivity index (χ4v) is 1.96. The van der Waals surface area contributed by atoms with Gasteiger partial charge in [0.1, 0.15) is 0 Å². The van der Waals surface area contributed by atoms with Gasteiger partial charge in [0.2, 0.25) is 0 Å². The number of benzene rings is 1. The van der Waals surface area contributed by atoms with E-state index in [1.807, 2.05) is 19.1 Å². The van der Waals surface area contributed by atoms with Crippen LogP contribution in [-0.4, -0.2) is 10.9 Å². The molecule has 92 valence electrons. The first-order valence-corrected chi connectivity index (χ1v) is 6.00. The summed E-state index contributed by atoms with van der Waals surface area (Å²) < 4.78 is 0. The van der Waals surface area contributed by atoms with Gasteiger partial charge in [0.05, 0.1) is 15.7 Å². The normalized spacial score (nSPS) is 10.2. The van der Waals surface area contributed by atoms with Crippen molar-refractivity contribution in [2.24, 2.45) is 0 Å². The van der Waals surface area contributed by atoms with Crippen molar-refractivity contribution in [3.8, 4) is 0 Å². The third-order valence-corrected chi connectivity index (χ3v) is 2.95. The number of anilines is 1. The molecular weight excluding hydrogens is 271 g/mol. The number of aromatic nitrogens is 1. The van der Waals surface area contributed by atoms with Crippen molar-refractivity contribution >= 4 is 34.8 Å². The number of rotatable bonds is 2. The maximum absolute atomic E-state index is 12.0. The van der Waals surface area contributed by atoms with Crippen LogP contribution in [0.2, 0.25) is 10.0 Å². The molecule has 2 rings (SSSR count). The molecule has 1 amide bonds. The molecule has 1 aromatic heterocycles. The third kappa shape index (κ3) is 2.81. The Bertz CT molecular complexity index is 579. The minimum atomic E-state index is -0.256. The molecule has 0 bridgehead atoms. The molecular formula is C13H10Cl2N2O. The summed E-state index contributed by atoms with van der Waals surface area (Å²) in [6.45, 7) is 1.92. The molecule has 0 aliphatic carbocycles. The lowest BCUT2D eigenvalue weighted by molar-refractivity contribution is 0.102. The summed E-state index contributed by atoms with van der Waals surface area (Å²) in [7, 11) is 0. The monoisotopic (exact) mass is 280 g/mol. The lowest BCUT2D eigenvalue weighted by Crippen LogP contribution is -2.12. The fraction of sp³-hybridized carbons (Fsp3) is 0.0769. The number of carbonyl (C=O) groups is 1. The smallest absolute Gasteiger partial charge is 0.255 e. The number of aryl methyl sites for hydroxylation is 1. The highest BCUT2D eigenvalue weighted by Gasteiger charge is 2.11. The first-order valence-electron chi connectivity index (χ1n) is 5.25. The van der Waals surface area contributed by atoms with Crippen LogP contribution in [0.5, 0.6) is 0 Å². The number of hydrogen-bond acceptors (Lipinski definition) is 2. The van der Waals surface area contributed by atoms with Crippen LogP contribution >= 0.6 is 23.2 Å². The van der Waals surface area contributed by atoms with Crippen LogP contribution in [0, 0.1) is 6.92 Å². The second kappa shape index (κ2) is 5.38. The molecule has 0 spiro atoms. The van der Waals surface area contributed by atoms with Crippen LogP contribution < -0.4 is 5.32 Å². The van der Waals surface area contributed by atoms with E-state index in [0.717, 1.165) is 5.56 Å². The van der Waals surface area contributed by atoms with Gasteiger partial charge in [0, 0.05) is 18.0 Å². The summed E-state index contributed by atoms with van der Waals surface area (Å²) in [6.07, 6.45) is 2.86. The number of nitrogens with zero attached hydrogens (tertiary/aromatic N) is 1. The van der Waals surface area contributed by atoms with Crippen LogP contribution in [0.4, 0.5) is 5.69 Å². The molecule has 1 aromatic carbocycles. The Labute approximate surface area is 115 Å². The van der Waals surface area contributed by atoms with Gasteiger partial charge in [-0.2, -0.15) is 0 Å². The van der Waals surface area contributed by atoms with Crippen molar-refractivity contribution in [2.45, 2.75) is 6.92 Å². The van der Waals surface area contributed by atoms with Crippen molar-refractivity contribution in [1.82, 2.24) is 4.98 Å². The number of hydrogen-bond donors (Lipinski definition) is 1. The van der Waals surface area contributed by atoms with Crippen LogP contribution in [-0.2, 0) is 0 Å². The average molecular weight is 281 g/mol. The van der Waals surface area contributed by atoms with E-state index < -0.39 is 0 Å². The summed E-state index contributed by atoms with van der Waals surface area (Å²) in [5.74, 6) is -0.256. The van der Waals surface area contributed by atoms with Gasteiger partial charge in [-0.1, -0.05) is 40.9 Å². The number of pyridine rings is 1. The SMILES string of the molecule is Cc1cccc(C(=O)Nc2c(Cl)cncc2Cl)c1. The molecule has 1 N–H and O–H groups in total. The van der Waals surface area contributed by atoms with Crippen LogP contribution in [0.3, 0.4) is 0 Å². The van der Waals surface area contributed by atoms with Gasteiger partial charge in [-0.05, 0) is 19.1 Å². The van der Waals surface area contributed by atoms with E-state index in [0.29, 0.717) is 21.3 Å². The molecule has 1 heterocycles. The molecule has 0 saturated carbocycles. The van der Waals surface area contributed by atoms with E-state index in [1.54, 1.807) is 12.1 Å². The topological polar surface area (TPSA) is 42.0 Å². The molecule has 0 aliphatic heterocycles. The van der Waals surface area contributed by atoms with E-state index in [4.69, 9.17) is 23.2 Å². The molecule has 0 atom stereocenters. The Hall–Kier alpha value is -1.58. The van der Waals surface area contributed by atoms with E-state index in [1.165, 1.54) is 12.4 Å². The minimum absolute atomic E-state index is 0.256. The zero-order valence-corrected chi connectivity index (χ0v) is 11.1. The maximum Gasteiger partial charge on any atom is 0.255 e. The van der Waals surface area contributed by atoms with Gasteiger partial charge >= 0.3 is 0 Å². The number of carbonyl (C=O) groups excluding carboxylic acids is 1. The van der Waals surface area contributed by atoms with Crippen molar-refractivity contribution in [1.29, 1.82) is 0 Å². The molecule has 0 aliphatic rings. The Morgan fingerprint density at radius 3 is 2.50 bits per heavy atom. The minimum Gasteiger partial charge on any atom is -0.319 e. The average Bonchev–Trinajstić information content (AvgIpc) is 2.34. The molecule has 2 aromatic rings. The van der Waals surface area contributed by atoms with E-state index >= 15 is 0 Å². The summed E-state index contributed by atoms with van der Waals surface area (Å²) in [5, 5.41) is 3.30. The second-order valence-electron chi connectivity index (χ2n) is 3.80. The Morgan fingerprint density at radius 2 is 1.89 bits per heavy atom. The summed E-state index contributed by atoms with van der Waals surface area (Å²) >= 11 is 11.9. The van der Waals surface area contributed by atoms with Crippen LogP contribution in [0.25, 0.3) is 0 Å². The highest BCUT2D eigenvalue weighted by atomic mass is 35.5. The van der Waals surface area contributed by atoms with Gasteiger partial charge in [-0.15, -0.1) is 0 Å². The third-order valence-electron chi connectivity index (χ3n) is 2.37. The van der Waals surface area contributed by atoms with Crippen molar-refractivity contribution < 1.29 is 4.79 Å². The van der Waals surface area contributed by atoms with E-state index in [9.17, 15) is 4.79 Å². The summed E-state index contributed by atoms with van der Waals surface area (Å²) in [5.41, 5.74) is 1.94. The lowest BCUT2D eigenvalue weighted by Gasteiger charge is -2.08. The van der Waals surface area contributed by atoms with Gasteiger partial charge in [0.15, 0.2) is 0 Å².